The summed E-state index contributed by atoms with van der Waals surface area (Å²) in [7, 11) is 1.28. The maximum Gasteiger partial charge on any atom is 0.281 e. The van der Waals surface area contributed by atoms with E-state index in [-0.39, 0.29) is 23.4 Å². The third-order valence-corrected chi connectivity index (χ3v) is 1.90. The topological polar surface area (TPSA) is 69.7 Å². The van der Waals surface area contributed by atoms with E-state index in [0.29, 0.717) is 0 Å². The molecule has 0 amide bonds. The molecule has 0 aliphatic carbocycles. The number of ether oxygens (including phenoxy) is 1. The molecule has 0 unspecified atom stereocenters. The second-order valence-electron chi connectivity index (χ2n) is 2.83. The normalized spacial score (nSPS) is 9.62. The Morgan fingerprint density at radius 1 is 1.50 bits per heavy atom. The molecule has 0 N–H and O–H groups in total. The fourth-order valence-electron chi connectivity index (χ4n) is 1.21. The highest BCUT2D eigenvalue weighted by Crippen LogP contribution is 2.26. The molecule has 0 radical (unpaired) electrons. The van der Waals surface area contributed by atoms with E-state index in [1.54, 1.807) is 12.1 Å². The SMILES string of the molecule is COc1cc(CC#N)c(C#N)c(C(F)F)n1. The van der Waals surface area contributed by atoms with Crippen molar-refractivity contribution in [1.82, 2.24) is 4.98 Å². The molecule has 16 heavy (non-hydrogen) atoms. The van der Waals surface area contributed by atoms with Gasteiger partial charge in [-0.3, -0.25) is 0 Å². The number of halogens is 2. The number of alkyl halides is 2. The van der Waals surface area contributed by atoms with Crippen molar-refractivity contribution < 1.29 is 13.5 Å². The lowest BCUT2D eigenvalue weighted by Crippen LogP contribution is -2.03. The van der Waals surface area contributed by atoms with Gasteiger partial charge in [-0.15, -0.1) is 0 Å². The van der Waals surface area contributed by atoms with Gasteiger partial charge < -0.3 is 4.74 Å². The zero-order valence-corrected chi connectivity index (χ0v) is 8.37. The molecular formula is C10H7F2N3O. The van der Waals surface area contributed by atoms with Gasteiger partial charge >= 0.3 is 0 Å². The van der Waals surface area contributed by atoms with Crippen LogP contribution in [-0.2, 0) is 6.42 Å². The molecule has 0 fully saturated rings. The Morgan fingerprint density at radius 3 is 2.62 bits per heavy atom. The van der Waals surface area contributed by atoms with Crippen molar-refractivity contribution in [3.05, 3.63) is 22.9 Å². The minimum Gasteiger partial charge on any atom is -0.481 e. The number of pyridine rings is 1. The standard InChI is InChI=1S/C10H7F2N3O/c1-16-8-4-6(2-3-13)7(5-14)9(15-8)10(11)12/h4,10H,2H2,1H3. The molecule has 0 aromatic carbocycles. The predicted octanol–water partition coefficient (Wildman–Crippen LogP) is 1.97. The number of rotatable bonds is 3. The van der Waals surface area contributed by atoms with Gasteiger partial charge in [0.1, 0.15) is 11.8 Å². The molecule has 0 spiro atoms. The molecule has 0 saturated heterocycles. The van der Waals surface area contributed by atoms with Gasteiger partial charge in [0.15, 0.2) is 0 Å². The minimum absolute atomic E-state index is 0.0282. The van der Waals surface area contributed by atoms with Gasteiger partial charge in [-0.05, 0) is 5.56 Å². The first kappa shape index (κ1) is 11.9. The molecule has 82 valence electrons. The van der Waals surface area contributed by atoms with Gasteiger partial charge in [0.25, 0.3) is 6.43 Å². The van der Waals surface area contributed by atoms with Crippen LogP contribution in [0.3, 0.4) is 0 Å². The first-order valence-corrected chi connectivity index (χ1v) is 4.27. The lowest BCUT2D eigenvalue weighted by atomic mass is 10.1. The number of methoxy groups -OCH3 is 1. The molecule has 1 aromatic rings. The highest BCUT2D eigenvalue weighted by atomic mass is 19.3. The zero-order chi connectivity index (χ0) is 12.1. The van der Waals surface area contributed by atoms with E-state index >= 15 is 0 Å². The number of aromatic nitrogens is 1. The molecule has 1 aromatic heterocycles. The van der Waals surface area contributed by atoms with Crippen molar-refractivity contribution in [2.45, 2.75) is 12.8 Å². The molecule has 4 nitrogen and oxygen atoms in total. The maximum atomic E-state index is 12.6. The van der Waals surface area contributed by atoms with Crippen LogP contribution in [0.1, 0.15) is 23.2 Å². The molecule has 0 aliphatic heterocycles. The molecule has 6 heteroatoms. The smallest absolute Gasteiger partial charge is 0.281 e. The first-order valence-electron chi connectivity index (χ1n) is 4.27. The van der Waals surface area contributed by atoms with Gasteiger partial charge in [0, 0.05) is 6.07 Å². The van der Waals surface area contributed by atoms with Crippen LogP contribution in [0.4, 0.5) is 8.78 Å². The van der Waals surface area contributed by atoms with Crippen LogP contribution in [0, 0.1) is 22.7 Å². The van der Waals surface area contributed by atoms with E-state index in [1.807, 2.05) is 0 Å². The molecular weight excluding hydrogens is 216 g/mol. The monoisotopic (exact) mass is 223 g/mol. The third-order valence-electron chi connectivity index (χ3n) is 1.90. The highest BCUT2D eigenvalue weighted by molar-refractivity contribution is 5.45. The third kappa shape index (κ3) is 2.23. The van der Waals surface area contributed by atoms with E-state index in [0.717, 1.165) is 0 Å². The molecule has 0 atom stereocenters. The lowest BCUT2D eigenvalue weighted by molar-refractivity contribution is 0.144. The largest absolute Gasteiger partial charge is 0.481 e. The molecule has 0 bridgehead atoms. The summed E-state index contributed by atoms with van der Waals surface area (Å²) in [5, 5.41) is 17.3. The van der Waals surface area contributed by atoms with Crippen molar-refractivity contribution in [3.63, 3.8) is 0 Å². The Hall–Kier alpha value is -2.21. The van der Waals surface area contributed by atoms with Gasteiger partial charge in [-0.2, -0.15) is 10.5 Å². The van der Waals surface area contributed by atoms with Crippen LogP contribution in [0.2, 0.25) is 0 Å². The molecule has 1 rings (SSSR count). The van der Waals surface area contributed by atoms with E-state index in [2.05, 4.69) is 4.98 Å². The summed E-state index contributed by atoms with van der Waals surface area (Å²) < 4.78 is 29.9. The highest BCUT2D eigenvalue weighted by Gasteiger charge is 2.20. The Morgan fingerprint density at radius 2 is 2.19 bits per heavy atom. The number of hydrogen-bond donors (Lipinski definition) is 0. The maximum absolute atomic E-state index is 12.6. The van der Waals surface area contributed by atoms with E-state index in [9.17, 15) is 8.78 Å². The van der Waals surface area contributed by atoms with Crippen LogP contribution < -0.4 is 4.74 Å². The predicted molar refractivity (Wildman–Crippen MR) is 49.8 cm³/mol. The Labute approximate surface area is 90.7 Å². The second kappa shape index (κ2) is 5.04. The van der Waals surface area contributed by atoms with Crippen LogP contribution in [0.5, 0.6) is 5.88 Å². The number of hydrogen-bond acceptors (Lipinski definition) is 4. The summed E-state index contributed by atoms with van der Waals surface area (Å²) in [6.45, 7) is 0. The van der Waals surface area contributed by atoms with Crippen molar-refractivity contribution >= 4 is 0 Å². The average molecular weight is 223 g/mol. The van der Waals surface area contributed by atoms with Crippen molar-refractivity contribution in [2.75, 3.05) is 7.11 Å². The van der Waals surface area contributed by atoms with Gasteiger partial charge in [0.05, 0.1) is 25.2 Å². The fraction of sp³-hybridized carbons (Fsp3) is 0.300. The van der Waals surface area contributed by atoms with E-state index in [1.165, 1.54) is 13.2 Å². The Balaban J connectivity index is 3.43. The van der Waals surface area contributed by atoms with Crippen molar-refractivity contribution in [3.8, 4) is 18.0 Å². The van der Waals surface area contributed by atoms with Crippen molar-refractivity contribution in [2.24, 2.45) is 0 Å². The Bertz CT molecular complexity index is 474. The lowest BCUT2D eigenvalue weighted by Gasteiger charge is -2.08. The molecule has 0 aliphatic rings. The van der Waals surface area contributed by atoms with Crippen molar-refractivity contribution in [1.29, 1.82) is 10.5 Å². The van der Waals surface area contributed by atoms with Crippen LogP contribution >= 0.6 is 0 Å². The first-order chi connectivity index (χ1) is 7.63. The number of nitrogens with zero attached hydrogens (tertiary/aromatic N) is 3. The minimum atomic E-state index is -2.87. The van der Waals surface area contributed by atoms with Gasteiger partial charge in [-0.25, -0.2) is 13.8 Å². The van der Waals surface area contributed by atoms with Crippen LogP contribution in [0.15, 0.2) is 6.07 Å². The zero-order valence-electron chi connectivity index (χ0n) is 8.37. The van der Waals surface area contributed by atoms with Crippen LogP contribution in [-0.4, -0.2) is 12.1 Å². The summed E-state index contributed by atoms with van der Waals surface area (Å²) in [5.74, 6) is -0.0282. The number of nitriles is 2. The quantitative estimate of drug-likeness (QED) is 0.785. The summed E-state index contributed by atoms with van der Waals surface area (Å²) in [6, 6.07) is 4.74. The fourth-order valence-corrected chi connectivity index (χ4v) is 1.21. The van der Waals surface area contributed by atoms with Gasteiger partial charge in [-0.1, -0.05) is 0 Å². The summed E-state index contributed by atoms with van der Waals surface area (Å²) in [4.78, 5) is 3.50. The van der Waals surface area contributed by atoms with Crippen LogP contribution in [0.25, 0.3) is 0 Å². The Kier molecular flexibility index (Phi) is 3.73. The molecule has 0 saturated carbocycles. The average Bonchev–Trinajstić information content (AvgIpc) is 2.28. The molecule has 1 heterocycles. The van der Waals surface area contributed by atoms with Gasteiger partial charge in [0.2, 0.25) is 5.88 Å². The van der Waals surface area contributed by atoms with E-state index in [4.69, 9.17) is 15.3 Å². The van der Waals surface area contributed by atoms with E-state index < -0.39 is 12.1 Å². The summed E-state index contributed by atoms with van der Waals surface area (Å²) in [5.41, 5.74) is -0.698. The summed E-state index contributed by atoms with van der Waals surface area (Å²) in [6.07, 6.45) is -3.01. The summed E-state index contributed by atoms with van der Waals surface area (Å²) >= 11 is 0. The second-order valence-corrected chi connectivity index (χ2v) is 2.83.